The molecular formula is C21H45IN6O. The van der Waals surface area contributed by atoms with Crippen molar-refractivity contribution in [3.8, 4) is 0 Å². The molecule has 0 spiro atoms. The predicted molar refractivity (Wildman–Crippen MR) is 134 cm³/mol. The zero-order valence-corrected chi connectivity index (χ0v) is 21.4. The number of nitrogens with one attached hydrogen (secondary N) is 2. The molecule has 1 unspecified atom stereocenters. The highest BCUT2D eigenvalue weighted by atomic mass is 127. The number of nitrogens with two attached hydrogens (primary N) is 1. The molecule has 0 bridgehead atoms. The van der Waals surface area contributed by atoms with Crippen molar-refractivity contribution in [2.24, 2.45) is 16.6 Å². The number of carbonyl (C=O) groups excluding carboxylic acids is 1. The highest BCUT2D eigenvalue weighted by Crippen LogP contribution is 2.16. The monoisotopic (exact) mass is 524 g/mol. The molecule has 1 rings (SSSR count). The molecule has 0 aromatic carbocycles. The Morgan fingerprint density at radius 2 is 1.86 bits per heavy atom. The summed E-state index contributed by atoms with van der Waals surface area (Å²) < 4.78 is 0. The van der Waals surface area contributed by atoms with Gasteiger partial charge in [0.2, 0.25) is 5.91 Å². The Bertz CT molecular complexity index is 450. The summed E-state index contributed by atoms with van der Waals surface area (Å²) in [5.74, 6) is 0.851. The van der Waals surface area contributed by atoms with Gasteiger partial charge in [-0.05, 0) is 84.7 Å². The van der Waals surface area contributed by atoms with Crippen LogP contribution in [0.5, 0.6) is 0 Å². The first-order valence-electron chi connectivity index (χ1n) is 11.2. The van der Waals surface area contributed by atoms with E-state index in [1.807, 2.05) is 7.05 Å². The highest BCUT2D eigenvalue weighted by Gasteiger charge is 2.22. The number of guanidine groups is 1. The van der Waals surface area contributed by atoms with Gasteiger partial charge in [0, 0.05) is 25.6 Å². The first-order chi connectivity index (χ1) is 13.5. The quantitative estimate of drug-likeness (QED) is 0.149. The summed E-state index contributed by atoms with van der Waals surface area (Å²) in [6.07, 6.45) is 6.46. The summed E-state index contributed by atoms with van der Waals surface area (Å²) >= 11 is 0. The van der Waals surface area contributed by atoms with Crippen LogP contribution in [0.25, 0.3) is 0 Å². The van der Waals surface area contributed by atoms with E-state index < -0.39 is 0 Å². The van der Waals surface area contributed by atoms with Crippen molar-refractivity contribution in [2.75, 3.05) is 52.9 Å². The molecule has 1 heterocycles. The maximum absolute atomic E-state index is 11.2. The van der Waals surface area contributed by atoms with Gasteiger partial charge in [-0.3, -0.25) is 9.79 Å². The van der Waals surface area contributed by atoms with E-state index in [-0.39, 0.29) is 35.8 Å². The van der Waals surface area contributed by atoms with Crippen LogP contribution >= 0.6 is 24.0 Å². The van der Waals surface area contributed by atoms with Crippen LogP contribution < -0.4 is 16.4 Å². The van der Waals surface area contributed by atoms with E-state index in [4.69, 9.17) is 5.73 Å². The second-order valence-electron chi connectivity index (χ2n) is 7.94. The van der Waals surface area contributed by atoms with Crippen molar-refractivity contribution >= 4 is 35.8 Å². The fourth-order valence-corrected chi connectivity index (χ4v) is 3.77. The molecule has 4 N–H and O–H groups in total. The van der Waals surface area contributed by atoms with E-state index in [9.17, 15) is 4.79 Å². The van der Waals surface area contributed by atoms with Crippen LogP contribution in [0.3, 0.4) is 0 Å². The number of primary amides is 1. The lowest BCUT2D eigenvalue weighted by molar-refractivity contribution is -0.123. The lowest BCUT2D eigenvalue weighted by atomic mass is 9.96. The zero-order valence-electron chi connectivity index (χ0n) is 19.1. The third-order valence-electron chi connectivity index (χ3n) is 5.80. The van der Waals surface area contributed by atoms with Crippen molar-refractivity contribution in [1.29, 1.82) is 0 Å². The number of amides is 1. The van der Waals surface area contributed by atoms with Gasteiger partial charge in [0.05, 0.1) is 0 Å². The van der Waals surface area contributed by atoms with Gasteiger partial charge >= 0.3 is 0 Å². The predicted octanol–water partition coefficient (Wildman–Crippen LogP) is 2.26. The Kier molecular flexibility index (Phi) is 16.7. The lowest BCUT2D eigenvalue weighted by Gasteiger charge is -2.30. The van der Waals surface area contributed by atoms with Crippen LogP contribution in [0.1, 0.15) is 59.3 Å². The number of likely N-dealkylation sites (tertiary alicyclic amines) is 1. The number of carbonyl (C=O) groups is 1. The molecule has 0 aliphatic carbocycles. The number of aliphatic imine (C=N–C) groups is 1. The van der Waals surface area contributed by atoms with Crippen LogP contribution in [-0.4, -0.2) is 80.6 Å². The first-order valence-corrected chi connectivity index (χ1v) is 11.2. The first kappa shape index (κ1) is 28.4. The number of nitrogens with zero attached hydrogens (tertiary/aromatic N) is 3. The summed E-state index contributed by atoms with van der Waals surface area (Å²) in [6, 6.07) is 0.424. The molecule has 0 aromatic heterocycles. The van der Waals surface area contributed by atoms with Gasteiger partial charge in [-0.1, -0.05) is 13.8 Å². The molecule has 7 nitrogen and oxygen atoms in total. The number of hydrogen-bond donors (Lipinski definition) is 3. The minimum absolute atomic E-state index is 0. The Morgan fingerprint density at radius 1 is 1.21 bits per heavy atom. The van der Waals surface area contributed by atoms with E-state index in [2.05, 4.69) is 46.2 Å². The zero-order chi connectivity index (χ0) is 20.8. The molecule has 1 amide bonds. The average molecular weight is 525 g/mol. The van der Waals surface area contributed by atoms with Crippen molar-refractivity contribution in [3.63, 3.8) is 0 Å². The van der Waals surface area contributed by atoms with E-state index in [1.165, 1.54) is 13.0 Å². The second kappa shape index (κ2) is 17.1. The van der Waals surface area contributed by atoms with E-state index in [0.29, 0.717) is 6.04 Å². The topological polar surface area (TPSA) is 86.0 Å². The Balaban J connectivity index is 0.00000784. The van der Waals surface area contributed by atoms with Crippen LogP contribution in [0.4, 0.5) is 0 Å². The van der Waals surface area contributed by atoms with E-state index in [0.717, 1.165) is 77.3 Å². The molecule has 1 aliphatic rings. The highest BCUT2D eigenvalue weighted by molar-refractivity contribution is 14.0. The van der Waals surface area contributed by atoms with Crippen LogP contribution in [-0.2, 0) is 4.79 Å². The molecule has 1 fully saturated rings. The third kappa shape index (κ3) is 12.6. The SMILES string of the molecule is CCN(CC)CCCC(C)NC(=NC)NCCCCN1CCC(C(N)=O)CC1.I. The minimum atomic E-state index is -0.134. The Morgan fingerprint density at radius 3 is 2.41 bits per heavy atom. The van der Waals surface area contributed by atoms with E-state index >= 15 is 0 Å². The summed E-state index contributed by atoms with van der Waals surface area (Å²) in [5.41, 5.74) is 5.40. The van der Waals surface area contributed by atoms with Crippen molar-refractivity contribution in [1.82, 2.24) is 20.4 Å². The van der Waals surface area contributed by atoms with Crippen molar-refractivity contribution < 1.29 is 4.79 Å². The molecule has 8 heteroatoms. The van der Waals surface area contributed by atoms with Gasteiger partial charge < -0.3 is 26.2 Å². The second-order valence-corrected chi connectivity index (χ2v) is 7.94. The number of hydrogen-bond acceptors (Lipinski definition) is 4. The van der Waals surface area contributed by atoms with E-state index in [1.54, 1.807) is 0 Å². The summed E-state index contributed by atoms with van der Waals surface area (Å²) in [4.78, 5) is 20.5. The summed E-state index contributed by atoms with van der Waals surface area (Å²) in [6.45, 7) is 14.1. The van der Waals surface area contributed by atoms with Crippen LogP contribution in [0, 0.1) is 5.92 Å². The largest absolute Gasteiger partial charge is 0.369 e. The lowest BCUT2D eigenvalue weighted by Crippen LogP contribution is -2.43. The molecule has 172 valence electrons. The number of unbranched alkanes of at least 4 members (excludes halogenated alkanes) is 1. The smallest absolute Gasteiger partial charge is 0.220 e. The summed E-state index contributed by atoms with van der Waals surface area (Å²) in [7, 11) is 1.83. The molecule has 0 radical (unpaired) electrons. The standard InChI is InChI=1S/C21H44N6O.HI/c1-5-26(6-2)15-9-10-18(3)25-21(23-4)24-13-7-8-14-27-16-11-19(12-17-27)20(22)28;/h18-19H,5-17H2,1-4H3,(H2,22,28)(H2,23,24,25);1H. The minimum Gasteiger partial charge on any atom is -0.369 e. The molecular weight excluding hydrogens is 479 g/mol. The molecule has 1 aliphatic heterocycles. The molecule has 0 saturated carbocycles. The molecule has 0 aromatic rings. The average Bonchev–Trinajstić information content (AvgIpc) is 2.70. The summed E-state index contributed by atoms with van der Waals surface area (Å²) in [5, 5.41) is 6.93. The number of halogens is 1. The van der Waals surface area contributed by atoms with Gasteiger partial charge in [0.15, 0.2) is 5.96 Å². The fourth-order valence-electron chi connectivity index (χ4n) is 3.77. The maximum atomic E-state index is 11.2. The third-order valence-corrected chi connectivity index (χ3v) is 5.80. The molecule has 29 heavy (non-hydrogen) atoms. The van der Waals surface area contributed by atoms with Crippen LogP contribution in [0.2, 0.25) is 0 Å². The normalized spacial score (nSPS) is 17.1. The van der Waals surface area contributed by atoms with Gasteiger partial charge in [0.1, 0.15) is 0 Å². The Labute approximate surface area is 195 Å². The van der Waals surface area contributed by atoms with Crippen LogP contribution in [0.15, 0.2) is 4.99 Å². The molecule has 1 saturated heterocycles. The maximum Gasteiger partial charge on any atom is 0.220 e. The van der Waals surface area contributed by atoms with Crippen molar-refractivity contribution in [2.45, 2.75) is 65.3 Å². The number of piperidine rings is 1. The van der Waals surface area contributed by atoms with Gasteiger partial charge in [-0.15, -0.1) is 24.0 Å². The van der Waals surface area contributed by atoms with Gasteiger partial charge in [-0.25, -0.2) is 0 Å². The van der Waals surface area contributed by atoms with Gasteiger partial charge in [-0.2, -0.15) is 0 Å². The number of rotatable bonds is 13. The van der Waals surface area contributed by atoms with Gasteiger partial charge in [0.25, 0.3) is 0 Å². The van der Waals surface area contributed by atoms with Crippen molar-refractivity contribution in [3.05, 3.63) is 0 Å². The molecule has 1 atom stereocenters. The Hall–Kier alpha value is -0.610. The fraction of sp³-hybridized carbons (Fsp3) is 0.905.